The highest BCUT2D eigenvalue weighted by Crippen LogP contribution is 2.25. The van der Waals surface area contributed by atoms with Crippen LogP contribution in [0.3, 0.4) is 0 Å². The van der Waals surface area contributed by atoms with E-state index in [2.05, 4.69) is 27.4 Å². The maximum atomic E-state index is 11.1. The molecule has 0 aliphatic rings. The van der Waals surface area contributed by atoms with Crippen LogP contribution < -0.4 is 0 Å². The van der Waals surface area contributed by atoms with E-state index in [9.17, 15) is 4.79 Å². The molecule has 0 fully saturated rings. The van der Waals surface area contributed by atoms with Gasteiger partial charge in [0.05, 0.1) is 6.61 Å². The predicted octanol–water partition coefficient (Wildman–Crippen LogP) is 2.93. The first kappa shape index (κ1) is 12.2. The third-order valence-corrected chi connectivity index (χ3v) is 2.61. The molecule has 2 nitrogen and oxygen atoms in total. The molecule has 0 N–H and O–H groups in total. The van der Waals surface area contributed by atoms with E-state index in [-0.39, 0.29) is 11.4 Å². The van der Waals surface area contributed by atoms with Crippen molar-refractivity contribution >= 4 is 5.97 Å². The van der Waals surface area contributed by atoms with Gasteiger partial charge in [0, 0.05) is 11.0 Å². The highest BCUT2D eigenvalue weighted by Gasteiger charge is 2.21. The van der Waals surface area contributed by atoms with Crippen molar-refractivity contribution in [2.24, 2.45) is 5.41 Å². The van der Waals surface area contributed by atoms with Crippen molar-refractivity contribution in [2.75, 3.05) is 6.61 Å². The summed E-state index contributed by atoms with van der Waals surface area (Å²) in [5, 5.41) is 0. The van der Waals surface area contributed by atoms with Gasteiger partial charge in [-0.1, -0.05) is 27.4 Å². The van der Waals surface area contributed by atoms with Crippen molar-refractivity contribution in [1.29, 1.82) is 0 Å². The fraction of sp³-hybridized carbons (Fsp3) is 0.727. The van der Waals surface area contributed by atoms with E-state index in [1.165, 1.54) is 0 Å². The molecule has 0 aromatic rings. The van der Waals surface area contributed by atoms with Gasteiger partial charge in [0.2, 0.25) is 0 Å². The Bertz CT molecular complexity index is 190. The summed E-state index contributed by atoms with van der Waals surface area (Å²) >= 11 is 0. The molecular formula is C11H20O2. The number of carbonyl (C=O) groups excluding carboxylic acids is 1. The van der Waals surface area contributed by atoms with Crippen molar-refractivity contribution in [3.8, 4) is 0 Å². The van der Waals surface area contributed by atoms with Gasteiger partial charge in [-0.05, 0) is 19.8 Å². The maximum absolute atomic E-state index is 11.1. The topological polar surface area (TPSA) is 26.3 Å². The number of rotatable bonds is 5. The molecule has 0 rings (SSSR count). The number of esters is 1. The zero-order valence-electron chi connectivity index (χ0n) is 9.14. The van der Waals surface area contributed by atoms with E-state index in [4.69, 9.17) is 4.74 Å². The SMILES string of the molecule is C=C(C)C(=O)OCC(C)(CC)CC. The quantitative estimate of drug-likeness (QED) is 0.485. The van der Waals surface area contributed by atoms with Crippen LogP contribution in [0, 0.1) is 5.41 Å². The van der Waals surface area contributed by atoms with E-state index < -0.39 is 0 Å². The average molecular weight is 184 g/mol. The largest absolute Gasteiger partial charge is 0.462 e. The van der Waals surface area contributed by atoms with Gasteiger partial charge in [0.1, 0.15) is 0 Å². The zero-order valence-corrected chi connectivity index (χ0v) is 9.14. The van der Waals surface area contributed by atoms with Crippen molar-refractivity contribution in [3.05, 3.63) is 12.2 Å². The lowest BCUT2D eigenvalue weighted by molar-refractivity contribution is -0.142. The van der Waals surface area contributed by atoms with Crippen molar-refractivity contribution in [1.82, 2.24) is 0 Å². The second kappa shape index (κ2) is 5.05. The molecule has 76 valence electrons. The van der Waals surface area contributed by atoms with Crippen LogP contribution in [0.2, 0.25) is 0 Å². The summed E-state index contributed by atoms with van der Waals surface area (Å²) < 4.78 is 5.11. The van der Waals surface area contributed by atoms with Crippen LogP contribution in [0.25, 0.3) is 0 Å². The molecular weight excluding hydrogens is 164 g/mol. The van der Waals surface area contributed by atoms with Crippen molar-refractivity contribution in [2.45, 2.75) is 40.5 Å². The van der Waals surface area contributed by atoms with Gasteiger partial charge in [0.15, 0.2) is 0 Å². The summed E-state index contributed by atoms with van der Waals surface area (Å²) in [5.74, 6) is -0.284. The molecule has 0 unspecified atom stereocenters. The highest BCUT2D eigenvalue weighted by molar-refractivity contribution is 5.86. The Morgan fingerprint density at radius 1 is 1.38 bits per heavy atom. The third-order valence-electron chi connectivity index (χ3n) is 2.61. The third kappa shape index (κ3) is 4.11. The molecule has 0 heterocycles. The second-order valence-electron chi connectivity index (χ2n) is 3.87. The first-order chi connectivity index (χ1) is 5.95. The molecule has 0 aliphatic carbocycles. The van der Waals surface area contributed by atoms with Gasteiger partial charge in [-0.3, -0.25) is 0 Å². The van der Waals surface area contributed by atoms with E-state index in [1.807, 2.05) is 0 Å². The summed E-state index contributed by atoms with van der Waals surface area (Å²) in [6.45, 7) is 12.0. The van der Waals surface area contributed by atoms with E-state index in [1.54, 1.807) is 6.92 Å². The predicted molar refractivity (Wildman–Crippen MR) is 54.5 cm³/mol. The molecule has 0 atom stereocenters. The highest BCUT2D eigenvalue weighted by atomic mass is 16.5. The standard InChI is InChI=1S/C11H20O2/c1-6-11(5,7-2)8-13-10(12)9(3)4/h3,6-8H2,1-2,4-5H3. The van der Waals surface area contributed by atoms with E-state index in [0.717, 1.165) is 12.8 Å². The molecule has 0 saturated heterocycles. The molecule has 0 aromatic heterocycles. The zero-order chi connectivity index (χ0) is 10.5. The summed E-state index contributed by atoms with van der Waals surface area (Å²) in [7, 11) is 0. The fourth-order valence-corrected chi connectivity index (χ4v) is 0.817. The lowest BCUT2D eigenvalue weighted by atomic mass is 9.86. The Morgan fingerprint density at radius 2 is 1.85 bits per heavy atom. The number of ether oxygens (including phenoxy) is 1. The maximum Gasteiger partial charge on any atom is 0.333 e. The monoisotopic (exact) mass is 184 g/mol. The smallest absolute Gasteiger partial charge is 0.333 e. The van der Waals surface area contributed by atoms with Gasteiger partial charge in [-0.15, -0.1) is 0 Å². The summed E-state index contributed by atoms with van der Waals surface area (Å²) in [4.78, 5) is 11.1. The molecule has 0 bridgehead atoms. The number of hydrogen-bond acceptors (Lipinski definition) is 2. The van der Waals surface area contributed by atoms with Crippen molar-refractivity contribution < 1.29 is 9.53 Å². The summed E-state index contributed by atoms with van der Waals surface area (Å²) in [5.41, 5.74) is 0.583. The minimum Gasteiger partial charge on any atom is -0.462 e. The molecule has 2 heteroatoms. The molecule has 0 radical (unpaired) electrons. The van der Waals surface area contributed by atoms with Crippen LogP contribution in [-0.2, 0) is 9.53 Å². The normalized spacial score (nSPS) is 11.1. The van der Waals surface area contributed by atoms with Crippen LogP contribution in [0.1, 0.15) is 40.5 Å². The molecule has 0 aromatic carbocycles. The lowest BCUT2D eigenvalue weighted by Crippen LogP contribution is -2.23. The summed E-state index contributed by atoms with van der Waals surface area (Å²) in [6, 6.07) is 0. The first-order valence-corrected chi connectivity index (χ1v) is 4.78. The van der Waals surface area contributed by atoms with Gasteiger partial charge in [0.25, 0.3) is 0 Å². The Morgan fingerprint density at radius 3 is 2.15 bits per heavy atom. The van der Waals surface area contributed by atoms with Gasteiger partial charge >= 0.3 is 5.97 Å². The Kier molecular flexibility index (Phi) is 4.74. The molecule has 0 aliphatic heterocycles. The minimum atomic E-state index is -0.284. The Balaban J connectivity index is 4.00. The van der Waals surface area contributed by atoms with Crippen LogP contribution in [0.5, 0.6) is 0 Å². The van der Waals surface area contributed by atoms with E-state index in [0.29, 0.717) is 12.2 Å². The molecule has 13 heavy (non-hydrogen) atoms. The molecule has 0 saturated carbocycles. The lowest BCUT2D eigenvalue weighted by Gasteiger charge is -2.25. The van der Waals surface area contributed by atoms with Gasteiger partial charge in [-0.25, -0.2) is 4.79 Å². The van der Waals surface area contributed by atoms with E-state index >= 15 is 0 Å². The second-order valence-corrected chi connectivity index (χ2v) is 3.87. The Labute approximate surface area is 81.0 Å². The fourth-order valence-electron chi connectivity index (χ4n) is 0.817. The first-order valence-electron chi connectivity index (χ1n) is 4.78. The summed E-state index contributed by atoms with van der Waals surface area (Å²) in [6.07, 6.45) is 2.04. The number of carbonyl (C=O) groups is 1. The molecule has 0 amide bonds. The van der Waals surface area contributed by atoms with Gasteiger partial charge < -0.3 is 4.74 Å². The van der Waals surface area contributed by atoms with Crippen LogP contribution in [0.15, 0.2) is 12.2 Å². The molecule has 0 spiro atoms. The van der Waals surface area contributed by atoms with Crippen molar-refractivity contribution in [3.63, 3.8) is 0 Å². The minimum absolute atomic E-state index is 0.116. The van der Waals surface area contributed by atoms with Gasteiger partial charge in [-0.2, -0.15) is 0 Å². The van der Waals surface area contributed by atoms with Crippen LogP contribution in [0.4, 0.5) is 0 Å². The van der Waals surface area contributed by atoms with Crippen LogP contribution >= 0.6 is 0 Å². The average Bonchev–Trinajstić information content (AvgIpc) is 2.13. The number of hydrogen-bond donors (Lipinski definition) is 0. The van der Waals surface area contributed by atoms with Crippen LogP contribution in [-0.4, -0.2) is 12.6 Å². The Hall–Kier alpha value is -0.790.